The molecule has 0 unspecified atom stereocenters. The molecule has 0 aliphatic carbocycles. The van der Waals surface area contributed by atoms with E-state index in [9.17, 15) is 4.79 Å². The molecule has 1 atom stereocenters. The fourth-order valence-electron chi connectivity index (χ4n) is 3.01. The fourth-order valence-corrected chi connectivity index (χ4v) is 3.01. The van der Waals surface area contributed by atoms with Crippen molar-refractivity contribution in [3.05, 3.63) is 0 Å². The fraction of sp³-hybridized carbons (Fsp3) is 0.909. The second kappa shape index (κ2) is 4.22. The number of nitrogens with zero attached hydrogens (tertiary/aromatic N) is 2. The summed E-state index contributed by atoms with van der Waals surface area (Å²) in [5.41, 5.74) is 0. The van der Waals surface area contributed by atoms with E-state index in [0.29, 0.717) is 12.1 Å². The Morgan fingerprint density at radius 3 is 2.81 bits per heavy atom. The molecule has 0 spiro atoms. The number of amides is 2. The minimum Gasteiger partial charge on any atom is -0.381 e. The molecule has 0 aromatic rings. The average Bonchev–Trinajstić information content (AvgIpc) is 2.72. The summed E-state index contributed by atoms with van der Waals surface area (Å²) in [6, 6.07) is 1.19. The first-order valence-electron chi connectivity index (χ1n) is 6.21. The number of fused-ring (bicyclic) bond motifs is 1. The SMILES string of the molecule is O=C1NC[C@H]2CN(C3CCOCC3)CCN12. The number of hydrogen-bond donors (Lipinski definition) is 1. The molecule has 3 rings (SSSR count). The summed E-state index contributed by atoms with van der Waals surface area (Å²) in [7, 11) is 0. The lowest BCUT2D eigenvalue weighted by atomic mass is 10.0. The van der Waals surface area contributed by atoms with Gasteiger partial charge in [0.15, 0.2) is 0 Å². The second-order valence-electron chi connectivity index (χ2n) is 4.87. The number of ether oxygens (including phenoxy) is 1. The van der Waals surface area contributed by atoms with Crippen LogP contribution >= 0.6 is 0 Å². The van der Waals surface area contributed by atoms with Gasteiger partial charge in [0, 0.05) is 45.4 Å². The van der Waals surface area contributed by atoms with Crippen molar-refractivity contribution in [3.63, 3.8) is 0 Å². The highest BCUT2D eigenvalue weighted by atomic mass is 16.5. The van der Waals surface area contributed by atoms with Gasteiger partial charge in [-0.2, -0.15) is 0 Å². The third-order valence-corrected chi connectivity index (χ3v) is 3.97. The van der Waals surface area contributed by atoms with E-state index in [-0.39, 0.29) is 6.03 Å². The van der Waals surface area contributed by atoms with Crippen LogP contribution in [0.4, 0.5) is 4.79 Å². The van der Waals surface area contributed by atoms with Crippen LogP contribution in [0, 0.1) is 0 Å². The summed E-state index contributed by atoms with van der Waals surface area (Å²) in [6.45, 7) is 5.55. The van der Waals surface area contributed by atoms with Crippen LogP contribution < -0.4 is 5.32 Å². The van der Waals surface area contributed by atoms with E-state index >= 15 is 0 Å². The van der Waals surface area contributed by atoms with E-state index in [4.69, 9.17) is 4.74 Å². The highest BCUT2D eigenvalue weighted by Gasteiger charge is 2.37. The third kappa shape index (κ3) is 1.78. The Morgan fingerprint density at radius 1 is 1.19 bits per heavy atom. The van der Waals surface area contributed by atoms with Gasteiger partial charge in [0.2, 0.25) is 0 Å². The number of piperazine rings is 1. The van der Waals surface area contributed by atoms with Gasteiger partial charge >= 0.3 is 6.03 Å². The zero-order chi connectivity index (χ0) is 11.0. The summed E-state index contributed by atoms with van der Waals surface area (Å²) in [5, 5.41) is 2.92. The molecule has 0 saturated carbocycles. The average molecular weight is 225 g/mol. The van der Waals surface area contributed by atoms with Crippen molar-refractivity contribution in [2.45, 2.75) is 24.9 Å². The largest absolute Gasteiger partial charge is 0.381 e. The number of urea groups is 1. The van der Waals surface area contributed by atoms with Gasteiger partial charge in [-0.1, -0.05) is 0 Å². The molecule has 0 radical (unpaired) electrons. The Kier molecular flexibility index (Phi) is 2.73. The van der Waals surface area contributed by atoms with E-state index in [1.54, 1.807) is 0 Å². The Balaban J connectivity index is 1.61. The Hall–Kier alpha value is -0.810. The molecule has 2 amide bonds. The van der Waals surface area contributed by atoms with Gasteiger partial charge in [0.1, 0.15) is 0 Å². The molecule has 3 aliphatic heterocycles. The number of hydrogen-bond acceptors (Lipinski definition) is 3. The monoisotopic (exact) mass is 225 g/mol. The summed E-state index contributed by atoms with van der Waals surface area (Å²) >= 11 is 0. The van der Waals surface area contributed by atoms with Crippen molar-refractivity contribution in [2.24, 2.45) is 0 Å². The predicted octanol–water partition coefficient (Wildman–Crippen LogP) is -0.125. The minimum atomic E-state index is 0.122. The Labute approximate surface area is 95.7 Å². The highest BCUT2D eigenvalue weighted by molar-refractivity contribution is 5.77. The summed E-state index contributed by atoms with van der Waals surface area (Å²) in [4.78, 5) is 16.0. The minimum absolute atomic E-state index is 0.122. The number of rotatable bonds is 1. The maximum Gasteiger partial charge on any atom is 0.317 e. The topological polar surface area (TPSA) is 44.8 Å². The molecule has 0 bridgehead atoms. The first-order valence-corrected chi connectivity index (χ1v) is 6.21. The normalized spacial score (nSPS) is 32.6. The molecule has 1 N–H and O–H groups in total. The van der Waals surface area contributed by atoms with Crippen LogP contribution in [-0.4, -0.2) is 67.3 Å². The van der Waals surface area contributed by atoms with Gasteiger partial charge in [-0.25, -0.2) is 4.79 Å². The van der Waals surface area contributed by atoms with E-state index < -0.39 is 0 Å². The zero-order valence-corrected chi connectivity index (χ0v) is 9.52. The molecular formula is C11H19N3O2. The van der Waals surface area contributed by atoms with E-state index in [2.05, 4.69) is 10.2 Å². The van der Waals surface area contributed by atoms with Crippen LogP contribution in [0.5, 0.6) is 0 Å². The van der Waals surface area contributed by atoms with Crippen molar-refractivity contribution in [1.29, 1.82) is 0 Å². The van der Waals surface area contributed by atoms with Gasteiger partial charge in [0.25, 0.3) is 0 Å². The number of carbonyl (C=O) groups is 1. The molecule has 5 nitrogen and oxygen atoms in total. The molecule has 3 aliphatic rings. The summed E-state index contributed by atoms with van der Waals surface area (Å²) in [5.74, 6) is 0. The smallest absolute Gasteiger partial charge is 0.317 e. The van der Waals surface area contributed by atoms with Crippen LogP contribution in [0.2, 0.25) is 0 Å². The van der Waals surface area contributed by atoms with Crippen LogP contribution in [0.15, 0.2) is 0 Å². The third-order valence-electron chi connectivity index (χ3n) is 3.97. The predicted molar refractivity (Wildman–Crippen MR) is 59.3 cm³/mol. The summed E-state index contributed by atoms with van der Waals surface area (Å²) in [6.07, 6.45) is 2.29. The van der Waals surface area contributed by atoms with E-state index in [0.717, 1.165) is 52.2 Å². The first-order chi connectivity index (χ1) is 7.84. The molecule has 3 fully saturated rings. The molecule has 3 saturated heterocycles. The van der Waals surface area contributed by atoms with Gasteiger partial charge < -0.3 is 15.0 Å². The lowest BCUT2D eigenvalue weighted by Gasteiger charge is -2.42. The van der Waals surface area contributed by atoms with Crippen LogP contribution in [0.1, 0.15) is 12.8 Å². The molecule has 16 heavy (non-hydrogen) atoms. The quantitative estimate of drug-likeness (QED) is 0.676. The molecule has 0 aromatic carbocycles. The van der Waals surface area contributed by atoms with Crippen LogP contribution in [0.25, 0.3) is 0 Å². The van der Waals surface area contributed by atoms with Crippen molar-refractivity contribution in [3.8, 4) is 0 Å². The van der Waals surface area contributed by atoms with Gasteiger partial charge in [-0.3, -0.25) is 4.90 Å². The van der Waals surface area contributed by atoms with Crippen molar-refractivity contribution < 1.29 is 9.53 Å². The lowest BCUT2D eigenvalue weighted by molar-refractivity contribution is 0.0109. The van der Waals surface area contributed by atoms with Crippen LogP contribution in [0.3, 0.4) is 0 Å². The maximum atomic E-state index is 11.5. The number of carbonyl (C=O) groups excluding carboxylic acids is 1. The second-order valence-corrected chi connectivity index (χ2v) is 4.87. The van der Waals surface area contributed by atoms with E-state index in [1.165, 1.54) is 0 Å². The standard InChI is InChI=1S/C11H19N3O2/c15-11-12-7-10-8-13(3-4-14(10)11)9-1-5-16-6-2-9/h9-10H,1-8H2,(H,12,15)/t10-/m0/s1. The van der Waals surface area contributed by atoms with Gasteiger partial charge in [-0.15, -0.1) is 0 Å². The van der Waals surface area contributed by atoms with Crippen LogP contribution in [-0.2, 0) is 4.74 Å². The van der Waals surface area contributed by atoms with Gasteiger partial charge in [-0.05, 0) is 12.8 Å². The molecule has 0 aromatic heterocycles. The molecule has 90 valence electrons. The summed E-state index contributed by atoms with van der Waals surface area (Å²) < 4.78 is 5.39. The van der Waals surface area contributed by atoms with Gasteiger partial charge in [0.05, 0.1) is 6.04 Å². The van der Waals surface area contributed by atoms with Crippen molar-refractivity contribution in [2.75, 3.05) is 39.4 Å². The Bertz CT molecular complexity index is 278. The molecule has 3 heterocycles. The maximum absolute atomic E-state index is 11.5. The van der Waals surface area contributed by atoms with Crippen molar-refractivity contribution in [1.82, 2.24) is 15.1 Å². The van der Waals surface area contributed by atoms with Crippen molar-refractivity contribution >= 4 is 6.03 Å². The zero-order valence-electron chi connectivity index (χ0n) is 9.52. The lowest BCUT2D eigenvalue weighted by Crippen LogP contribution is -2.55. The van der Waals surface area contributed by atoms with E-state index in [1.807, 2.05) is 4.90 Å². The molecule has 5 heteroatoms. The number of nitrogens with one attached hydrogen (secondary N) is 1. The Morgan fingerprint density at radius 2 is 2.00 bits per heavy atom. The first kappa shape index (κ1) is 10.4. The highest BCUT2D eigenvalue weighted by Crippen LogP contribution is 2.20. The molecular weight excluding hydrogens is 206 g/mol.